The van der Waals surface area contributed by atoms with Crippen LogP contribution in [0, 0.1) is 13.8 Å². The molecule has 0 heterocycles. The number of nitrogens with one attached hydrogen (secondary N) is 1. The average Bonchev–Trinajstić information content (AvgIpc) is 2.87. The van der Waals surface area contributed by atoms with Gasteiger partial charge in [-0.3, -0.25) is 9.59 Å². The smallest absolute Gasteiger partial charge is 0.304 e. The minimum Gasteiger partial charge on any atom is -0.497 e. The third-order valence-corrected chi connectivity index (χ3v) is 7.90. The van der Waals surface area contributed by atoms with Gasteiger partial charge in [0.05, 0.1) is 12.8 Å². The lowest BCUT2D eigenvalue weighted by molar-refractivity contribution is -0.140. The van der Waals surface area contributed by atoms with Crippen LogP contribution in [0.5, 0.6) is 5.75 Å². The van der Waals surface area contributed by atoms with Crippen LogP contribution in [0.3, 0.4) is 0 Å². The molecular formula is C27H40N4O5S. The molecule has 1 atom stereocenters. The van der Waals surface area contributed by atoms with Crippen molar-refractivity contribution < 1.29 is 22.7 Å². The zero-order chi connectivity index (χ0) is 27.8. The third-order valence-electron chi connectivity index (χ3n) is 6.10. The molecule has 0 bridgehead atoms. The molecule has 2 aromatic carbocycles. The van der Waals surface area contributed by atoms with E-state index >= 15 is 0 Å². The standard InChI is InChI=1S/C27H40N4O5S/c1-8-16-28-27(33)24(9-2)30(18-22-12-14-23(36-7)15-13-22)26(32)19-31(37(34,35)29(5)6)25-17-20(3)10-11-21(25)4/h10-15,17,24H,8-9,16,18-19H2,1-7H3,(H,28,33). The van der Waals surface area contributed by atoms with Gasteiger partial charge in [-0.15, -0.1) is 0 Å². The fourth-order valence-electron chi connectivity index (χ4n) is 3.90. The molecule has 10 heteroatoms. The maximum atomic E-state index is 13.9. The van der Waals surface area contributed by atoms with Crippen LogP contribution in [-0.4, -0.2) is 69.8 Å². The number of methoxy groups -OCH3 is 1. The van der Waals surface area contributed by atoms with Gasteiger partial charge in [-0.2, -0.15) is 12.7 Å². The van der Waals surface area contributed by atoms with Crippen molar-refractivity contribution in [2.24, 2.45) is 0 Å². The molecule has 9 nitrogen and oxygen atoms in total. The molecular weight excluding hydrogens is 492 g/mol. The number of aryl methyl sites for hydroxylation is 2. The van der Waals surface area contributed by atoms with Crippen LogP contribution in [0.4, 0.5) is 5.69 Å². The predicted octanol–water partition coefficient (Wildman–Crippen LogP) is 3.26. The van der Waals surface area contributed by atoms with Crippen molar-refractivity contribution in [1.29, 1.82) is 0 Å². The number of carbonyl (C=O) groups excluding carboxylic acids is 2. The van der Waals surface area contributed by atoms with E-state index in [4.69, 9.17) is 4.74 Å². The molecule has 0 aliphatic carbocycles. The van der Waals surface area contributed by atoms with Crippen LogP contribution < -0.4 is 14.4 Å². The summed E-state index contributed by atoms with van der Waals surface area (Å²) >= 11 is 0. The van der Waals surface area contributed by atoms with Gasteiger partial charge < -0.3 is 15.0 Å². The second kappa shape index (κ2) is 13.4. The molecule has 0 aliphatic rings. The fourth-order valence-corrected chi connectivity index (χ4v) is 5.02. The lowest BCUT2D eigenvalue weighted by atomic mass is 10.1. The molecule has 1 N–H and O–H groups in total. The molecule has 0 aliphatic heterocycles. The third kappa shape index (κ3) is 7.69. The molecule has 2 aromatic rings. The minimum atomic E-state index is -4.01. The largest absolute Gasteiger partial charge is 0.497 e. The summed E-state index contributed by atoms with van der Waals surface area (Å²) in [5.41, 5.74) is 2.81. The molecule has 0 radical (unpaired) electrons. The van der Waals surface area contributed by atoms with Crippen molar-refractivity contribution in [1.82, 2.24) is 14.5 Å². The lowest BCUT2D eigenvalue weighted by Crippen LogP contribution is -2.53. The first kappa shape index (κ1) is 30.1. The highest BCUT2D eigenvalue weighted by atomic mass is 32.2. The molecule has 0 aromatic heterocycles. The minimum absolute atomic E-state index is 0.142. The Balaban J connectivity index is 2.53. The number of carbonyl (C=O) groups is 2. The number of hydrogen-bond acceptors (Lipinski definition) is 5. The first-order valence-electron chi connectivity index (χ1n) is 12.4. The van der Waals surface area contributed by atoms with Crippen molar-refractivity contribution in [3.8, 4) is 5.75 Å². The average molecular weight is 533 g/mol. The van der Waals surface area contributed by atoms with Gasteiger partial charge in [-0.05, 0) is 61.6 Å². The van der Waals surface area contributed by atoms with E-state index in [-0.39, 0.29) is 12.5 Å². The lowest BCUT2D eigenvalue weighted by Gasteiger charge is -2.34. The predicted molar refractivity (Wildman–Crippen MR) is 147 cm³/mol. The van der Waals surface area contributed by atoms with E-state index in [0.717, 1.165) is 31.7 Å². The van der Waals surface area contributed by atoms with Gasteiger partial charge in [-0.1, -0.05) is 38.1 Å². The van der Waals surface area contributed by atoms with Crippen molar-refractivity contribution in [3.05, 3.63) is 59.2 Å². The summed E-state index contributed by atoms with van der Waals surface area (Å²) in [5.74, 6) is -0.0619. The number of ether oxygens (including phenoxy) is 1. The van der Waals surface area contributed by atoms with Crippen molar-refractivity contribution in [2.45, 2.75) is 53.1 Å². The number of anilines is 1. The summed E-state index contributed by atoms with van der Waals surface area (Å²) in [7, 11) is 0.427. The van der Waals surface area contributed by atoms with Crippen LogP contribution >= 0.6 is 0 Å². The molecule has 1 unspecified atom stereocenters. The molecule has 2 rings (SSSR count). The van der Waals surface area contributed by atoms with E-state index in [1.165, 1.54) is 19.0 Å². The maximum Gasteiger partial charge on any atom is 0.304 e. The molecule has 0 spiro atoms. The van der Waals surface area contributed by atoms with E-state index in [2.05, 4.69) is 5.32 Å². The molecule has 2 amide bonds. The second-order valence-electron chi connectivity index (χ2n) is 9.17. The molecule has 0 saturated heterocycles. The van der Waals surface area contributed by atoms with E-state index in [0.29, 0.717) is 24.4 Å². The first-order valence-corrected chi connectivity index (χ1v) is 13.8. The number of nitrogens with zero attached hydrogens (tertiary/aromatic N) is 3. The molecule has 204 valence electrons. The van der Waals surface area contributed by atoms with Crippen molar-refractivity contribution in [2.75, 3.05) is 38.6 Å². The quantitative estimate of drug-likeness (QED) is 0.427. The van der Waals surface area contributed by atoms with E-state index in [1.54, 1.807) is 32.2 Å². The molecule has 0 saturated carbocycles. The van der Waals surface area contributed by atoms with Gasteiger partial charge in [0.1, 0.15) is 18.3 Å². The summed E-state index contributed by atoms with van der Waals surface area (Å²) in [6, 6.07) is 11.9. The summed E-state index contributed by atoms with van der Waals surface area (Å²) in [5, 5.41) is 2.88. The van der Waals surface area contributed by atoms with Crippen molar-refractivity contribution in [3.63, 3.8) is 0 Å². The zero-order valence-corrected chi connectivity index (χ0v) is 23.8. The SMILES string of the molecule is CCCNC(=O)C(CC)N(Cc1ccc(OC)cc1)C(=O)CN(c1cc(C)ccc1C)S(=O)(=O)N(C)C. The summed E-state index contributed by atoms with van der Waals surface area (Å²) in [6.45, 7) is 7.65. The van der Waals surface area contributed by atoms with Crippen LogP contribution in [0.25, 0.3) is 0 Å². The number of rotatable bonds is 13. The summed E-state index contributed by atoms with van der Waals surface area (Å²) in [4.78, 5) is 28.4. The summed E-state index contributed by atoms with van der Waals surface area (Å²) < 4.78 is 34.2. The van der Waals surface area contributed by atoms with Crippen LogP contribution in [0.15, 0.2) is 42.5 Å². The topological polar surface area (TPSA) is 99.3 Å². The van der Waals surface area contributed by atoms with Gasteiger partial charge in [0.25, 0.3) is 0 Å². The van der Waals surface area contributed by atoms with Gasteiger partial charge in [-0.25, -0.2) is 4.31 Å². The normalized spacial score (nSPS) is 12.2. The Morgan fingerprint density at radius 2 is 1.68 bits per heavy atom. The highest BCUT2D eigenvalue weighted by Crippen LogP contribution is 2.26. The number of amides is 2. The Hall–Kier alpha value is -3.11. The van der Waals surface area contributed by atoms with Gasteiger partial charge in [0, 0.05) is 27.2 Å². The number of benzene rings is 2. The highest BCUT2D eigenvalue weighted by Gasteiger charge is 2.34. The molecule has 37 heavy (non-hydrogen) atoms. The Labute approximate surface area is 221 Å². The van der Waals surface area contributed by atoms with Gasteiger partial charge in [0.2, 0.25) is 11.8 Å². The van der Waals surface area contributed by atoms with Crippen molar-refractivity contribution >= 4 is 27.7 Å². The molecule has 0 fully saturated rings. The van der Waals surface area contributed by atoms with Crippen LogP contribution in [-0.2, 0) is 26.3 Å². The van der Waals surface area contributed by atoms with Gasteiger partial charge in [0.15, 0.2) is 0 Å². The Kier molecular flexibility index (Phi) is 10.9. The Morgan fingerprint density at radius 1 is 1.03 bits per heavy atom. The van der Waals surface area contributed by atoms with E-state index < -0.39 is 28.7 Å². The first-order chi connectivity index (χ1) is 17.5. The highest BCUT2D eigenvalue weighted by molar-refractivity contribution is 7.90. The Morgan fingerprint density at radius 3 is 2.22 bits per heavy atom. The summed E-state index contributed by atoms with van der Waals surface area (Å²) in [6.07, 6.45) is 1.14. The van der Waals surface area contributed by atoms with Gasteiger partial charge >= 0.3 is 10.2 Å². The Bertz CT molecular complexity index is 1170. The van der Waals surface area contributed by atoms with E-state index in [1.807, 2.05) is 45.0 Å². The van der Waals surface area contributed by atoms with E-state index in [9.17, 15) is 18.0 Å². The fraction of sp³-hybridized carbons (Fsp3) is 0.481. The number of hydrogen-bond donors (Lipinski definition) is 1. The maximum absolute atomic E-state index is 13.9. The monoisotopic (exact) mass is 532 g/mol. The van der Waals surface area contributed by atoms with Crippen LogP contribution in [0.2, 0.25) is 0 Å². The van der Waals surface area contributed by atoms with Crippen LogP contribution in [0.1, 0.15) is 43.4 Å². The zero-order valence-electron chi connectivity index (χ0n) is 22.9. The second-order valence-corrected chi connectivity index (χ2v) is 11.2.